The van der Waals surface area contributed by atoms with Gasteiger partial charge in [-0.2, -0.15) is 0 Å². The van der Waals surface area contributed by atoms with E-state index in [1.807, 2.05) is 6.07 Å². The largest absolute Gasteiger partial charge is 0.508 e. The van der Waals surface area contributed by atoms with Gasteiger partial charge in [0.05, 0.1) is 0 Å². The van der Waals surface area contributed by atoms with Gasteiger partial charge in [-0.3, -0.25) is 4.79 Å². The molecule has 5 heteroatoms. The number of hydrogen-bond donors (Lipinski definition) is 2. The normalized spacial score (nSPS) is 10.3. The minimum atomic E-state index is -0.146. The van der Waals surface area contributed by atoms with Gasteiger partial charge in [-0.1, -0.05) is 31.9 Å². The molecule has 2 aromatic rings. The molecule has 0 saturated carbocycles. The van der Waals surface area contributed by atoms with Crippen LogP contribution in [0.15, 0.2) is 39.3 Å². The summed E-state index contributed by atoms with van der Waals surface area (Å²) in [5.74, 6) is -0.283. The van der Waals surface area contributed by atoms with Crippen LogP contribution in [0.1, 0.15) is 10.4 Å². The lowest BCUT2D eigenvalue weighted by molar-refractivity contribution is 0.112. The number of halogens is 2. The SMILES string of the molecule is O=Cc1cc(O)cc(O)c1-c1cc(Br)cc(Br)c1. The zero-order valence-electron chi connectivity index (χ0n) is 9.02. The predicted molar refractivity (Wildman–Crippen MR) is 76.0 cm³/mol. The molecule has 92 valence electrons. The van der Waals surface area contributed by atoms with Crippen molar-refractivity contribution in [2.75, 3.05) is 0 Å². The van der Waals surface area contributed by atoms with E-state index in [1.165, 1.54) is 12.1 Å². The second-order valence-corrected chi connectivity index (χ2v) is 5.54. The Hall–Kier alpha value is -1.33. The number of aldehydes is 1. The predicted octanol–water partition coefficient (Wildman–Crippen LogP) is 4.10. The number of carbonyl (C=O) groups excluding carboxylic acids is 1. The highest BCUT2D eigenvalue weighted by molar-refractivity contribution is 9.11. The van der Waals surface area contributed by atoms with Gasteiger partial charge >= 0.3 is 0 Å². The third kappa shape index (κ3) is 2.57. The van der Waals surface area contributed by atoms with E-state index in [-0.39, 0.29) is 17.1 Å². The first-order valence-electron chi connectivity index (χ1n) is 4.99. The first kappa shape index (κ1) is 13.1. The highest BCUT2D eigenvalue weighted by Gasteiger charge is 2.13. The zero-order chi connectivity index (χ0) is 13.3. The van der Waals surface area contributed by atoms with Gasteiger partial charge in [-0.25, -0.2) is 0 Å². The van der Waals surface area contributed by atoms with Crippen LogP contribution in [0.2, 0.25) is 0 Å². The average Bonchev–Trinajstić information content (AvgIpc) is 2.26. The lowest BCUT2D eigenvalue weighted by Gasteiger charge is -2.10. The van der Waals surface area contributed by atoms with E-state index in [0.717, 1.165) is 8.95 Å². The molecular formula is C13H8Br2O3. The van der Waals surface area contributed by atoms with Crippen LogP contribution in [0.4, 0.5) is 0 Å². The molecule has 0 atom stereocenters. The maximum atomic E-state index is 11.0. The molecule has 0 aliphatic rings. The van der Waals surface area contributed by atoms with Gasteiger partial charge in [0.15, 0.2) is 6.29 Å². The molecule has 0 amide bonds. The Labute approximate surface area is 120 Å². The lowest BCUT2D eigenvalue weighted by Crippen LogP contribution is -1.89. The molecule has 2 rings (SSSR count). The molecule has 2 aromatic carbocycles. The van der Waals surface area contributed by atoms with Gasteiger partial charge in [0.25, 0.3) is 0 Å². The van der Waals surface area contributed by atoms with Crippen LogP contribution < -0.4 is 0 Å². The van der Waals surface area contributed by atoms with Gasteiger partial charge in [0.2, 0.25) is 0 Å². The molecule has 0 aliphatic heterocycles. The number of benzene rings is 2. The van der Waals surface area contributed by atoms with Crippen molar-refractivity contribution in [2.24, 2.45) is 0 Å². The number of aromatic hydroxyl groups is 2. The van der Waals surface area contributed by atoms with Gasteiger partial charge in [0, 0.05) is 26.1 Å². The topological polar surface area (TPSA) is 57.5 Å². The zero-order valence-corrected chi connectivity index (χ0v) is 12.2. The third-order valence-electron chi connectivity index (χ3n) is 2.41. The third-order valence-corrected chi connectivity index (χ3v) is 3.33. The highest BCUT2D eigenvalue weighted by atomic mass is 79.9. The van der Waals surface area contributed by atoms with Crippen molar-refractivity contribution in [3.05, 3.63) is 44.8 Å². The molecule has 0 bridgehead atoms. The van der Waals surface area contributed by atoms with Crippen molar-refractivity contribution in [3.63, 3.8) is 0 Å². The van der Waals surface area contributed by atoms with E-state index in [2.05, 4.69) is 31.9 Å². The second-order valence-electron chi connectivity index (χ2n) is 3.71. The molecule has 2 N–H and O–H groups in total. The highest BCUT2D eigenvalue weighted by Crippen LogP contribution is 2.37. The van der Waals surface area contributed by atoms with Crippen molar-refractivity contribution >= 4 is 38.1 Å². The maximum absolute atomic E-state index is 11.0. The van der Waals surface area contributed by atoms with Crippen LogP contribution in [0.5, 0.6) is 11.5 Å². The molecule has 0 unspecified atom stereocenters. The summed E-state index contributed by atoms with van der Waals surface area (Å²) >= 11 is 6.69. The van der Waals surface area contributed by atoms with Crippen LogP contribution >= 0.6 is 31.9 Å². The molecule has 18 heavy (non-hydrogen) atoms. The van der Waals surface area contributed by atoms with Crippen molar-refractivity contribution in [1.29, 1.82) is 0 Å². The number of carbonyl (C=O) groups is 1. The molecule has 0 heterocycles. The summed E-state index contributed by atoms with van der Waals surface area (Å²) < 4.78 is 1.63. The van der Waals surface area contributed by atoms with Crippen LogP contribution in [0.25, 0.3) is 11.1 Å². The summed E-state index contributed by atoms with van der Waals surface area (Å²) in [5.41, 5.74) is 1.30. The Morgan fingerprint density at radius 1 is 0.944 bits per heavy atom. The molecule has 0 fully saturated rings. The standard InChI is InChI=1S/C13H8Br2O3/c14-9-1-7(2-10(15)4-9)13-8(6-16)3-11(17)5-12(13)18/h1-6,17-18H. The Kier molecular flexibility index (Phi) is 3.73. The minimum Gasteiger partial charge on any atom is -0.508 e. The van der Waals surface area contributed by atoms with Crippen LogP contribution in [0, 0.1) is 0 Å². The van der Waals surface area contributed by atoms with E-state index in [4.69, 9.17) is 0 Å². The van der Waals surface area contributed by atoms with Crippen molar-refractivity contribution in [3.8, 4) is 22.6 Å². The Balaban J connectivity index is 2.73. The minimum absolute atomic E-state index is 0.137. The fourth-order valence-electron chi connectivity index (χ4n) is 1.74. The fourth-order valence-corrected chi connectivity index (χ4v) is 3.03. The Morgan fingerprint density at radius 3 is 2.11 bits per heavy atom. The van der Waals surface area contributed by atoms with Gasteiger partial charge in [0.1, 0.15) is 11.5 Å². The molecule has 0 aromatic heterocycles. The average molecular weight is 372 g/mol. The molecule has 3 nitrogen and oxygen atoms in total. The van der Waals surface area contributed by atoms with Crippen molar-refractivity contribution in [1.82, 2.24) is 0 Å². The molecule has 0 aliphatic carbocycles. The summed E-state index contributed by atoms with van der Waals surface area (Å²) in [5, 5.41) is 19.3. The summed E-state index contributed by atoms with van der Waals surface area (Å²) in [6.07, 6.45) is 0.601. The Bertz CT molecular complexity index is 604. The monoisotopic (exact) mass is 370 g/mol. The molecular weight excluding hydrogens is 364 g/mol. The smallest absolute Gasteiger partial charge is 0.150 e. The summed E-state index contributed by atoms with van der Waals surface area (Å²) in [6.45, 7) is 0. The van der Waals surface area contributed by atoms with E-state index in [0.29, 0.717) is 17.4 Å². The van der Waals surface area contributed by atoms with Gasteiger partial charge < -0.3 is 10.2 Å². The summed E-state index contributed by atoms with van der Waals surface area (Å²) in [6, 6.07) is 7.93. The number of rotatable bonds is 2. The van der Waals surface area contributed by atoms with Gasteiger partial charge in [-0.15, -0.1) is 0 Å². The first-order valence-corrected chi connectivity index (χ1v) is 6.57. The number of phenolic OH excluding ortho intramolecular Hbond substituents is 2. The van der Waals surface area contributed by atoms with Gasteiger partial charge in [-0.05, 0) is 29.8 Å². The summed E-state index contributed by atoms with van der Waals surface area (Å²) in [4.78, 5) is 11.0. The number of hydrogen-bond acceptors (Lipinski definition) is 3. The van der Waals surface area contributed by atoms with Crippen LogP contribution in [-0.4, -0.2) is 16.5 Å². The molecule has 0 saturated heterocycles. The quantitative estimate of drug-likeness (QED) is 0.781. The number of phenols is 2. The molecule has 0 spiro atoms. The summed E-state index contributed by atoms with van der Waals surface area (Å²) in [7, 11) is 0. The Morgan fingerprint density at radius 2 is 1.56 bits per heavy atom. The van der Waals surface area contributed by atoms with E-state index >= 15 is 0 Å². The molecule has 0 radical (unpaired) electrons. The lowest BCUT2D eigenvalue weighted by atomic mass is 9.99. The second kappa shape index (κ2) is 5.12. The van der Waals surface area contributed by atoms with E-state index < -0.39 is 0 Å². The maximum Gasteiger partial charge on any atom is 0.150 e. The fraction of sp³-hybridized carbons (Fsp3) is 0. The van der Waals surface area contributed by atoms with E-state index in [1.54, 1.807) is 12.1 Å². The van der Waals surface area contributed by atoms with Crippen LogP contribution in [0.3, 0.4) is 0 Å². The van der Waals surface area contributed by atoms with Crippen LogP contribution in [-0.2, 0) is 0 Å². The van der Waals surface area contributed by atoms with E-state index in [9.17, 15) is 15.0 Å². The van der Waals surface area contributed by atoms with Crippen molar-refractivity contribution < 1.29 is 15.0 Å². The van der Waals surface area contributed by atoms with Crippen molar-refractivity contribution in [2.45, 2.75) is 0 Å². The first-order chi connectivity index (χ1) is 8.51.